The summed E-state index contributed by atoms with van der Waals surface area (Å²) in [5.41, 5.74) is 6.98. The van der Waals surface area contributed by atoms with E-state index < -0.39 is 0 Å². The Morgan fingerprint density at radius 1 is 0.962 bits per heavy atom. The zero-order chi connectivity index (χ0) is 18.4. The van der Waals surface area contributed by atoms with E-state index in [4.69, 9.17) is 4.74 Å². The smallest absolute Gasteiger partial charge is 0.118 e. The Labute approximate surface area is 161 Å². The molecule has 5 heteroatoms. The molecule has 3 rings (SSSR count). The lowest BCUT2D eigenvalue weighted by atomic mass is 10.0. The Morgan fingerprint density at radius 3 is 2.23 bits per heavy atom. The number of nitrogens with zero attached hydrogens (tertiary/aromatic N) is 1. The van der Waals surface area contributed by atoms with Crippen LogP contribution in [-0.2, 0) is 6.42 Å². The van der Waals surface area contributed by atoms with Crippen molar-refractivity contribution in [3.8, 4) is 11.5 Å². The highest BCUT2D eigenvalue weighted by Gasteiger charge is 2.07. The largest absolute Gasteiger partial charge is 0.508 e. The molecule has 2 N–H and O–H groups in total. The van der Waals surface area contributed by atoms with Crippen LogP contribution in [0.15, 0.2) is 82.4 Å². The van der Waals surface area contributed by atoms with Crippen molar-refractivity contribution in [1.29, 1.82) is 0 Å². The van der Waals surface area contributed by atoms with Crippen molar-refractivity contribution < 1.29 is 9.84 Å². The van der Waals surface area contributed by atoms with Crippen molar-refractivity contribution in [2.24, 2.45) is 5.10 Å². The number of phenolic OH excluding ortho intramolecular Hbond substituents is 1. The van der Waals surface area contributed by atoms with Gasteiger partial charge in [0.15, 0.2) is 0 Å². The lowest BCUT2D eigenvalue weighted by Crippen LogP contribution is -2.08. The highest BCUT2D eigenvalue weighted by Crippen LogP contribution is 2.18. The van der Waals surface area contributed by atoms with Crippen LogP contribution in [-0.4, -0.2) is 17.9 Å². The first kappa shape index (κ1) is 18.0. The van der Waals surface area contributed by atoms with Crippen molar-refractivity contribution in [3.63, 3.8) is 0 Å². The summed E-state index contributed by atoms with van der Waals surface area (Å²) < 4.78 is 6.25. The third-order valence-electron chi connectivity index (χ3n) is 3.90. The van der Waals surface area contributed by atoms with Gasteiger partial charge in [0.2, 0.25) is 0 Å². The molecule has 0 bridgehead atoms. The van der Waals surface area contributed by atoms with E-state index in [0.717, 1.165) is 32.7 Å². The number of nitrogens with one attached hydrogen (secondary N) is 1. The van der Waals surface area contributed by atoms with Crippen molar-refractivity contribution in [2.45, 2.75) is 6.42 Å². The molecule has 4 nitrogen and oxygen atoms in total. The van der Waals surface area contributed by atoms with E-state index in [1.54, 1.807) is 19.2 Å². The first-order valence-corrected chi connectivity index (χ1v) is 8.94. The molecule has 3 aromatic rings. The van der Waals surface area contributed by atoms with Crippen LogP contribution in [0.5, 0.6) is 11.5 Å². The van der Waals surface area contributed by atoms with Crippen LogP contribution in [0.3, 0.4) is 0 Å². The van der Waals surface area contributed by atoms with Crippen LogP contribution < -0.4 is 10.2 Å². The molecule has 0 amide bonds. The minimum absolute atomic E-state index is 0.254. The third-order valence-corrected chi connectivity index (χ3v) is 4.42. The summed E-state index contributed by atoms with van der Waals surface area (Å²) in [6.45, 7) is 0. The van der Waals surface area contributed by atoms with Gasteiger partial charge in [-0.25, -0.2) is 0 Å². The summed E-state index contributed by atoms with van der Waals surface area (Å²) in [6, 6.07) is 22.8. The summed E-state index contributed by atoms with van der Waals surface area (Å²) in [5.74, 6) is 1.06. The van der Waals surface area contributed by atoms with Crippen LogP contribution in [0.1, 0.15) is 11.1 Å². The highest BCUT2D eigenvalue weighted by molar-refractivity contribution is 9.10. The molecule has 3 aromatic carbocycles. The summed E-state index contributed by atoms with van der Waals surface area (Å²) in [4.78, 5) is 0. The first-order valence-electron chi connectivity index (χ1n) is 8.14. The molecule has 0 aliphatic heterocycles. The van der Waals surface area contributed by atoms with E-state index in [0.29, 0.717) is 6.42 Å². The van der Waals surface area contributed by atoms with Gasteiger partial charge in [-0.2, -0.15) is 5.10 Å². The molecule has 0 radical (unpaired) electrons. The lowest BCUT2D eigenvalue weighted by molar-refractivity contribution is 0.415. The van der Waals surface area contributed by atoms with E-state index in [-0.39, 0.29) is 5.75 Å². The molecule has 0 atom stereocenters. The van der Waals surface area contributed by atoms with Crippen molar-refractivity contribution in [2.75, 3.05) is 12.5 Å². The average Bonchev–Trinajstić information content (AvgIpc) is 2.68. The Bertz CT molecular complexity index is 873. The Morgan fingerprint density at radius 2 is 1.62 bits per heavy atom. The average molecular weight is 411 g/mol. The van der Waals surface area contributed by atoms with Gasteiger partial charge in [0.05, 0.1) is 18.5 Å². The van der Waals surface area contributed by atoms with Crippen molar-refractivity contribution in [1.82, 2.24) is 0 Å². The summed E-state index contributed by atoms with van der Waals surface area (Å²) in [5, 5.41) is 14.1. The number of methoxy groups -OCH3 is 1. The van der Waals surface area contributed by atoms with E-state index in [1.807, 2.05) is 60.7 Å². The fourth-order valence-corrected chi connectivity index (χ4v) is 2.72. The summed E-state index contributed by atoms with van der Waals surface area (Å²) in [6.07, 6.45) is 0.635. The van der Waals surface area contributed by atoms with Crippen LogP contribution in [0.4, 0.5) is 5.69 Å². The molecule has 0 aromatic heterocycles. The van der Waals surface area contributed by atoms with E-state index >= 15 is 0 Å². The number of hydrogen-bond acceptors (Lipinski definition) is 4. The predicted molar refractivity (Wildman–Crippen MR) is 109 cm³/mol. The minimum atomic E-state index is 0.254. The first-order chi connectivity index (χ1) is 12.6. The normalized spacial score (nSPS) is 11.2. The second-order valence-electron chi connectivity index (χ2n) is 5.75. The van der Waals surface area contributed by atoms with Crippen LogP contribution >= 0.6 is 15.9 Å². The van der Waals surface area contributed by atoms with Crippen LogP contribution in [0.25, 0.3) is 0 Å². The number of aromatic hydroxyl groups is 1. The lowest BCUT2D eigenvalue weighted by Gasteiger charge is -2.10. The molecular weight excluding hydrogens is 392 g/mol. The second-order valence-corrected chi connectivity index (χ2v) is 6.66. The third kappa shape index (κ3) is 4.86. The Hall–Kier alpha value is -2.79. The summed E-state index contributed by atoms with van der Waals surface area (Å²) in [7, 11) is 1.65. The van der Waals surface area contributed by atoms with Crippen LogP contribution in [0, 0.1) is 0 Å². The Balaban J connectivity index is 1.87. The maximum absolute atomic E-state index is 9.48. The highest BCUT2D eigenvalue weighted by atomic mass is 79.9. The molecule has 26 heavy (non-hydrogen) atoms. The fourth-order valence-electron chi connectivity index (χ4n) is 2.45. The zero-order valence-electron chi connectivity index (χ0n) is 14.3. The van der Waals surface area contributed by atoms with Gasteiger partial charge in [0.1, 0.15) is 11.5 Å². The molecule has 0 heterocycles. The molecule has 0 saturated heterocycles. The zero-order valence-corrected chi connectivity index (χ0v) is 15.9. The van der Waals surface area contributed by atoms with Crippen LogP contribution in [0.2, 0.25) is 0 Å². The van der Waals surface area contributed by atoms with Gasteiger partial charge in [-0.05, 0) is 71.8 Å². The number of hydrazone groups is 1. The van der Waals surface area contributed by atoms with Crippen molar-refractivity contribution >= 4 is 27.3 Å². The quantitative estimate of drug-likeness (QED) is 0.432. The SMILES string of the molecule is COc1ccc(C(Cc2ccc(O)cc2)=NNc2ccc(Br)cc2)cc1. The fraction of sp³-hybridized carbons (Fsp3) is 0.0952. The maximum atomic E-state index is 9.48. The van der Waals surface area contributed by atoms with Gasteiger partial charge in [0.25, 0.3) is 0 Å². The second kappa shape index (κ2) is 8.54. The molecule has 0 aliphatic carbocycles. The standard InChI is InChI=1S/C21H19BrN2O2/c1-26-20-12-4-16(5-13-20)21(14-15-2-10-19(25)11-3-15)24-23-18-8-6-17(22)7-9-18/h2-13,23,25H,14H2,1H3. The van der Waals surface area contributed by atoms with E-state index in [9.17, 15) is 5.11 Å². The number of rotatable bonds is 6. The molecule has 0 fully saturated rings. The molecule has 132 valence electrons. The monoisotopic (exact) mass is 410 g/mol. The molecule has 0 spiro atoms. The number of ether oxygens (including phenoxy) is 1. The number of anilines is 1. The van der Waals surface area contributed by atoms with Gasteiger partial charge in [-0.15, -0.1) is 0 Å². The predicted octanol–water partition coefficient (Wildman–Crippen LogP) is 5.22. The van der Waals surface area contributed by atoms with Gasteiger partial charge < -0.3 is 9.84 Å². The number of halogens is 1. The maximum Gasteiger partial charge on any atom is 0.118 e. The number of phenols is 1. The molecular formula is C21H19BrN2O2. The summed E-state index contributed by atoms with van der Waals surface area (Å²) >= 11 is 3.43. The van der Waals surface area contributed by atoms with Crippen molar-refractivity contribution in [3.05, 3.63) is 88.4 Å². The van der Waals surface area contributed by atoms with E-state index in [1.165, 1.54) is 0 Å². The van der Waals surface area contributed by atoms with Gasteiger partial charge in [0, 0.05) is 10.9 Å². The topological polar surface area (TPSA) is 53.9 Å². The van der Waals surface area contributed by atoms with E-state index in [2.05, 4.69) is 26.5 Å². The minimum Gasteiger partial charge on any atom is -0.508 e. The number of hydrogen-bond donors (Lipinski definition) is 2. The van der Waals surface area contributed by atoms with Gasteiger partial charge >= 0.3 is 0 Å². The Kier molecular flexibility index (Phi) is 5.92. The molecule has 0 aliphatic rings. The van der Waals surface area contributed by atoms with Gasteiger partial charge in [-0.1, -0.05) is 28.1 Å². The number of benzene rings is 3. The van der Waals surface area contributed by atoms with Gasteiger partial charge in [-0.3, -0.25) is 5.43 Å². The molecule has 0 saturated carbocycles. The molecule has 0 unspecified atom stereocenters.